The first-order chi connectivity index (χ1) is 12.1. The van der Waals surface area contributed by atoms with Crippen LogP contribution >= 0.6 is 0 Å². The standard InChI is InChI=1S/C19H26N4O2/c1-14-16(13-21-22(14)2)12-20-19(25)23-10-6-9-17(23)11-18(24)15-7-4-3-5-8-15/h3-5,7-8,13,17-18,24H,6,9-12H2,1-2H3,(H,20,25)/t17-,18+/m1/s1. The minimum absolute atomic E-state index is 0.0639. The molecular formula is C19H26N4O2. The number of benzene rings is 1. The lowest BCUT2D eigenvalue weighted by molar-refractivity contribution is 0.126. The zero-order chi connectivity index (χ0) is 17.8. The number of carbonyl (C=O) groups is 1. The Labute approximate surface area is 148 Å². The summed E-state index contributed by atoms with van der Waals surface area (Å²) in [5.74, 6) is 0. The SMILES string of the molecule is Cc1c(CNC(=O)N2CCC[C@@H]2C[C@H](O)c2ccccc2)cnn1C. The molecule has 0 spiro atoms. The van der Waals surface area contributed by atoms with Gasteiger partial charge in [-0.15, -0.1) is 0 Å². The first-order valence-electron chi connectivity index (χ1n) is 8.81. The average molecular weight is 342 g/mol. The third-order valence-electron chi connectivity index (χ3n) is 5.08. The van der Waals surface area contributed by atoms with Crippen LogP contribution in [-0.4, -0.2) is 38.4 Å². The summed E-state index contributed by atoms with van der Waals surface area (Å²) in [7, 11) is 1.89. The second-order valence-corrected chi connectivity index (χ2v) is 6.69. The van der Waals surface area contributed by atoms with E-state index < -0.39 is 6.10 Å². The largest absolute Gasteiger partial charge is 0.388 e. The predicted molar refractivity (Wildman–Crippen MR) is 95.9 cm³/mol. The van der Waals surface area contributed by atoms with Crippen LogP contribution in [0.15, 0.2) is 36.5 Å². The van der Waals surface area contributed by atoms with Crippen molar-refractivity contribution in [3.05, 3.63) is 53.3 Å². The number of amides is 2. The number of likely N-dealkylation sites (tertiary alicyclic amines) is 1. The minimum Gasteiger partial charge on any atom is -0.388 e. The second-order valence-electron chi connectivity index (χ2n) is 6.69. The molecule has 2 atom stereocenters. The van der Waals surface area contributed by atoms with Crippen LogP contribution in [0.5, 0.6) is 0 Å². The Hall–Kier alpha value is -2.34. The lowest BCUT2D eigenvalue weighted by atomic mass is 10.0. The number of aromatic nitrogens is 2. The molecule has 1 saturated heterocycles. The van der Waals surface area contributed by atoms with Crippen molar-refractivity contribution in [3.63, 3.8) is 0 Å². The Morgan fingerprint density at radius 3 is 2.84 bits per heavy atom. The van der Waals surface area contributed by atoms with Crippen LogP contribution in [0.1, 0.15) is 42.2 Å². The fraction of sp³-hybridized carbons (Fsp3) is 0.474. The van der Waals surface area contributed by atoms with Gasteiger partial charge in [0.05, 0.1) is 12.3 Å². The van der Waals surface area contributed by atoms with Gasteiger partial charge in [0.2, 0.25) is 0 Å². The molecule has 2 aromatic rings. The van der Waals surface area contributed by atoms with Gasteiger partial charge in [-0.2, -0.15) is 5.10 Å². The normalized spacial score (nSPS) is 18.4. The van der Waals surface area contributed by atoms with E-state index in [1.807, 2.05) is 49.2 Å². The number of hydrogen-bond acceptors (Lipinski definition) is 3. The molecule has 0 saturated carbocycles. The second kappa shape index (κ2) is 7.70. The van der Waals surface area contributed by atoms with Gasteiger partial charge in [-0.1, -0.05) is 30.3 Å². The summed E-state index contributed by atoms with van der Waals surface area (Å²) in [6, 6.07) is 9.65. The Kier molecular flexibility index (Phi) is 5.38. The molecule has 3 rings (SSSR count). The summed E-state index contributed by atoms with van der Waals surface area (Å²) in [5.41, 5.74) is 2.98. The van der Waals surface area contributed by atoms with E-state index in [4.69, 9.17) is 0 Å². The highest BCUT2D eigenvalue weighted by Gasteiger charge is 2.30. The molecule has 1 aliphatic heterocycles. The highest BCUT2D eigenvalue weighted by Crippen LogP contribution is 2.27. The van der Waals surface area contributed by atoms with E-state index in [0.29, 0.717) is 13.0 Å². The summed E-state index contributed by atoms with van der Waals surface area (Å²) in [4.78, 5) is 14.4. The fourth-order valence-electron chi connectivity index (χ4n) is 3.41. The molecule has 2 amide bonds. The molecule has 6 nitrogen and oxygen atoms in total. The van der Waals surface area contributed by atoms with Crippen molar-refractivity contribution < 1.29 is 9.90 Å². The summed E-state index contributed by atoms with van der Waals surface area (Å²) in [6.45, 7) is 3.20. The molecule has 0 unspecified atom stereocenters. The van der Waals surface area contributed by atoms with Crippen LogP contribution in [0.4, 0.5) is 4.79 Å². The molecule has 25 heavy (non-hydrogen) atoms. The molecule has 2 N–H and O–H groups in total. The maximum Gasteiger partial charge on any atom is 0.317 e. The third kappa shape index (κ3) is 4.02. The molecule has 6 heteroatoms. The highest BCUT2D eigenvalue weighted by molar-refractivity contribution is 5.74. The summed E-state index contributed by atoms with van der Waals surface area (Å²) >= 11 is 0. The van der Waals surface area contributed by atoms with Gasteiger partial charge in [-0.3, -0.25) is 4.68 Å². The van der Waals surface area contributed by atoms with Gasteiger partial charge in [0.15, 0.2) is 0 Å². The molecule has 1 aromatic heterocycles. The van der Waals surface area contributed by atoms with E-state index in [-0.39, 0.29) is 12.1 Å². The maximum absolute atomic E-state index is 12.6. The van der Waals surface area contributed by atoms with Gasteiger partial charge in [-0.25, -0.2) is 4.79 Å². The molecule has 1 aliphatic rings. The number of rotatable bonds is 5. The van der Waals surface area contributed by atoms with E-state index in [9.17, 15) is 9.90 Å². The number of aliphatic hydroxyl groups is 1. The van der Waals surface area contributed by atoms with Crippen LogP contribution in [0, 0.1) is 6.92 Å². The molecular weight excluding hydrogens is 316 g/mol. The predicted octanol–water partition coefficient (Wildman–Crippen LogP) is 2.53. The smallest absolute Gasteiger partial charge is 0.317 e. The number of nitrogens with one attached hydrogen (secondary N) is 1. The van der Waals surface area contributed by atoms with E-state index >= 15 is 0 Å². The number of aliphatic hydroxyl groups excluding tert-OH is 1. The molecule has 1 fully saturated rings. The van der Waals surface area contributed by atoms with E-state index in [0.717, 1.165) is 36.2 Å². The number of nitrogens with zero attached hydrogens (tertiary/aromatic N) is 3. The zero-order valence-electron chi connectivity index (χ0n) is 14.9. The van der Waals surface area contributed by atoms with Gasteiger partial charge in [0, 0.05) is 37.4 Å². The highest BCUT2D eigenvalue weighted by atomic mass is 16.3. The van der Waals surface area contributed by atoms with Crippen molar-refractivity contribution in [2.75, 3.05) is 6.54 Å². The van der Waals surface area contributed by atoms with Crippen molar-refractivity contribution in [2.45, 2.75) is 44.9 Å². The monoisotopic (exact) mass is 342 g/mol. The maximum atomic E-state index is 12.6. The molecule has 0 bridgehead atoms. The van der Waals surface area contributed by atoms with Crippen LogP contribution in [0.2, 0.25) is 0 Å². The van der Waals surface area contributed by atoms with E-state index in [1.165, 1.54) is 0 Å². The quantitative estimate of drug-likeness (QED) is 0.877. The molecule has 2 heterocycles. The lowest BCUT2D eigenvalue weighted by Crippen LogP contribution is -2.43. The summed E-state index contributed by atoms with van der Waals surface area (Å²) < 4.78 is 1.80. The van der Waals surface area contributed by atoms with Crippen molar-refractivity contribution in [1.29, 1.82) is 0 Å². The van der Waals surface area contributed by atoms with Crippen molar-refractivity contribution >= 4 is 6.03 Å². The zero-order valence-corrected chi connectivity index (χ0v) is 14.9. The van der Waals surface area contributed by atoms with Gasteiger partial charge >= 0.3 is 6.03 Å². The summed E-state index contributed by atoms with van der Waals surface area (Å²) in [6.07, 6.45) is 3.73. The van der Waals surface area contributed by atoms with Crippen LogP contribution in [0.3, 0.4) is 0 Å². The minimum atomic E-state index is -0.542. The van der Waals surface area contributed by atoms with E-state index in [2.05, 4.69) is 10.4 Å². The Bertz CT molecular complexity index is 713. The molecule has 0 aliphatic carbocycles. The van der Waals surface area contributed by atoms with Crippen molar-refractivity contribution in [2.24, 2.45) is 7.05 Å². The number of aryl methyl sites for hydroxylation is 1. The van der Waals surface area contributed by atoms with E-state index in [1.54, 1.807) is 10.9 Å². The third-order valence-corrected chi connectivity index (χ3v) is 5.08. The first kappa shape index (κ1) is 17.5. The molecule has 134 valence electrons. The number of urea groups is 1. The summed E-state index contributed by atoms with van der Waals surface area (Å²) in [5, 5.41) is 17.6. The molecule has 0 radical (unpaired) electrons. The van der Waals surface area contributed by atoms with Crippen molar-refractivity contribution in [3.8, 4) is 0 Å². The lowest BCUT2D eigenvalue weighted by Gasteiger charge is -2.27. The topological polar surface area (TPSA) is 70.4 Å². The van der Waals surface area contributed by atoms with Crippen LogP contribution in [0.25, 0.3) is 0 Å². The Morgan fingerprint density at radius 1 is 1.40 bits per heavy atom. The van der Waals surface area contributed by atoms with Gasteiger partial charge < -0.3 is 15.3 Å². The average Bonchev–Trinajstić information content (AvgIpc) is 3.21. The fourth-order valence-corrected chi connectivity index (χ4v) is 3.41. The van der Waals surface area contributed by atoms with Gasteiger partial charge in [-0.05, 0) is 31.7 Å². The van der Waals surface area contributed by atoms with Gasteiger partial charge in [0.25, 0.3) is 0 Å². The van der Waals surface area contributed by atoms with Crippen LogP contribution in [-0.2, 0) is 13.6 Å². The Morgan fingerprint density at radius 2 is 2.16 bits per heavy atom. The first-order valence-corrected chi connectivity index (χ1v) is 8.81. The number of carbonyl (C=O) groups excluding carboxylic acids is 1. The van der Waals surface area contributed by atoms with Crippen LogP contribution < -0.4 is 5.32 Å². The van der Waals surface area contributed by atoms with Gasteiger partial charge in [0.1, 0.15) is 0 Å². The van der Waals surface area contributed by atoms with Crippen molar-refractivity contribution in [1.82, 2.24) is 20.0 Å². The Balaban J connectivity index is 1.57. The number of hydrogen-bond donors (Lipinski definition) is 2. The molecule has 1 aromatic carbocycles.